The standard InChI is InChI=1S/C18H17IO6/c1-21-9-5-11-15(13(7-9)23-3)17(25-18(11)20)12-6-10(22-2)8-14(24-4)16(12)19/h5-8,17H,1-4H3/t17-/m0/s1. The molecule has 0 aromatic heterocycles. The van der Waals surface area contributed by atoms with Gasteiger partial charge in [0.05, 0.1) is 43.1 Å². The third-order valence-corrected chi connectivity index (χ3v) is 5.21. The first-order valence-electron chi connectivity index (χ1n) is 7.42. The third kappa shape index (κ3) is 2.97. The Labute approximate surface area is 159 Å². The summed E-state index contributed by atoms with van der Waals surface area (Å²) in [5, 5.41) is 0. The molecule has 25 heavy (non-hydrogen) atoms. The molecule has 0 saturated carbocycles. The molecule has 0 amide bonds. The van der Waals surface area contributed by atoms with Crippen LogP contribution < -0.4 is 18.9 Å². The Morgan fingerprint density at radius 2 is 1.48 bits per heavy atom. The average molecular weight is 456 g/mol. The van der Waals surface area contributed by atoms with E-state index in [9.17, 15) is 4.79 Å². The van der Waals surface area contributed by atoms with Gasteiger partial charge in [0.1, 0.15) is 23.0 Å². The van der Waals surface area contributed by atoms with Crippen molar-refractivity contribution in [3.8, 4) is 23.0 Å². The molecule has 0 unspecified atom stereocenters. The number of carbonyl (C=O) groups is 1. The van der Waals surface area contributed by atoms with Gasteiger partial charge in [0, 0.05) is 17.7 Å². The summed E-state index contributed by atoms with van der Waals surface area (Å²) >= 11 is 2.17. The number of benzene rings is 2. The van der Waals surface area contributed by atoms with Crippen LogP contribution in [0.25, 0.3) is 0 Å². The predicted octanol–water partition coefficient (Wildman–Crippen LogP) is 3.59. The van der Waals surface area contributed by atoms with Gasteiger partial charge in [-0.3, -0.25) is 0 Å². The summed E-state index contributed by atoms with van der Waals surface area (Å²) in [4.78, 5) is 12.4. The normalized spacial score (nSPS) is 15.4. The van der Waals surface area contributed by atoms with E-state index in [0.29, 0.717) is 34.1 Å². The fourth-order valence-corrected chi connectivity index (χ4v) is 3.64. The first-order chi connectivity index (χ1) is 12.0. The van der Waals surface area contributed by atoms with E-state index in [1.165, 1.54) is 7.11 Å². The number of methoxy groups -OCH3 is 4. The maximum absolute atomic E-state index is 12.4. The molecule has 1 aliphatic heterocycles. The second-order valence-corrected chi connectivity index (χ2v) is 6.39. The van der Waals surface area contributed by atoms with Gasteiger partial charge in [-0.2, -0.15) is 0 Å². The number of fused-ring (bicyclic) bond motifs is 1. The van der Waals surface area contributed by atoms with Crippen LogP contribution in [0.5, 0.6) is 23.0 Å². The van der Waals surface area contributed by atoms with Gasteiger partial charge in [-0.05, 0) is 34.7 Å². The molecule has 0 radical (unpaired) electrons. The molecule has 1 atom stereocenters. The Hall–Kier alpha value is -2.16. The van der Waals surface area contributed by atoms with Crippen molar-refractivity contribution in [2.75, 3.05) is 28.4 Å². The molecule has 0 saturated heterocycles. The summed E-state index contributed by atoms with van der Waals surface area (Å²) in [6.07, 6.45) is -0.612. The highest BCUT2D eigenvalue weighted by Crippen LogP contribution is 2.46. The molecule has 2 aromatic carbocycles. The van der Waals surface area contributed by atoms with Crippen LogP contribution in [0.1, 0.15) is 27.6 Å². The van der Waals surface area contributed by atoms with E-state index >= 15 is 0 Å². The minimum Gasteiger partial charge on any atom is -0.497 e. The van der Waals surface area contributed by atoms with Crippen molar-refractivity contribution in [2.45, 2.75) is 6.10 Å². The molecule has 0 fully saturated rings. The van der Waals surface area contributed by atoms with E-state index in [0.717, 1.165) is 9.13 Å². The molecule has 0 spiro atoms. The molecule has 2 aromatic rings. The number of hydrogen-bond donors (Lipinski definition) is 0. The van der Waals surface area contributed by atoms with Crippen LogP contribution >= 0.6 is 22.6 Å². The number of carbonyl (C=O) groups excluding carboxylic acids is 1. The summed E-state index contributed by atoms with van der Waals surface area (Å²) in [7, 11) is 6.24. The van der Waals surface area contributed by atoms with E-state index in [2.05, 4.69) is 22.6 Å². The van der Waals surface area contributed by atoms with Crippen molar-refractivity contribution < 1.29 is 28.5 Å². The SMILES string of the molecule is COc1cc(OC)c2c(c1)C(=O)O[C@H]2c1cc(OC)cc(OC)c1I. The van der Waals surface area contributed by atoms with Crippen molar-refractivity contribution in [1.29, 1.82) is 0 Å². The summed E-state index contributed by atoms with van der Waals surface area (Å²) in [6, 6.07) is 7.01. The second-order valence-electron chi connectivity index (χ2n) is 5.31. The number of esters is 1. The van der Waals surface area contributed by atoms with E-state index < -0.39 is 12.1 Å². The number of ether oxygens (including phenoxy) is 5. The maximum atomic E-state index is 12.4. The molecule has 3 rings (SSSR count). The number of halogens is 1. The van der Waals surface area contributed by atoms with Crippen LogP contribution in [-0.4, -0.2) is 34.4 Å². The van der Waals surface area contributed by atoms with Gasteiger partial charge in [0.15, 0.2) is 6.10 Å². The third-order valence-electron chi connectivity index (χ3n) is 4.06. The number of rotatable bonds is 5. The van der Waals surface area contributed by atoms with Crippen molar-refractivity contribution in [2.24, 2.45) is 0 Å². The van der Waals surface area contributed by atoms with Gasteiger partial charge in [-0.1, -0.05) is 0 Å². The van der Waals surface area contributed by atoms with Gasteiger partial charge in [-0.25, -0.2) is 4.79 Å². The highest BCUT2D eigenvalue weighted by molar-refractivity contribution is 14.1. The quantitative estimate of drug-likeness (QED) is 0.507. The Bertz CT molecular complexity index is 833. The fraction of sp³-hybridized carbons (Fsp3) is 0.278. The minimum absolute atomic E-state index is 0.421. The molecule has 0 aliphatic carbocycles. The highest BCUT2D eigenvalue weighted by atomic mass is 127. The lowest BCUT2D eigenvalue weighted by Gasteiger charge is -2.18. The van der Waals surface area contributed by atoms with Gasteiger partial charge < -0.3 is 23.7 Å². The van der Waals surface area contributed by atoms with Crippen molar-refractivity contribution in [3.05, 3.63) is 44.5 Å². The largest absolute Gasteiger partial charge is 0.497 e. The van der Waals surface area contributed by atoms with Gasteiger partial charge in [0.2, 0.25) is 0 Å². The number of cyclic esters (lactones) is 1. The van der Waals surface area contributed by atoms with E-state index in [4.69, 9.17) is 23.7 Å². The Morgan fingerprint density at radius 1 is 0.880 bits per heavy atom. The molecule has 6 nitrogen and oxygen atoms in total. The summed E-state index contributed by atoms with van der Waals surface area (Å²) in [5.41, 5.74) is 1.87. The fourth-order valence-electron chi connectivity index (χ4n) is 2.83. The Balaban J connectivity index is 2.22. The maximum Gasteiger partial charge on any atom is 0.339 e. The summed E-state index contributed by atoms with van der Waals surface area (Å²) < 4.78 is 28.0. The predicted molar refractivity (Wildman–Crippen MR) is 99.1 cm³/mol. The minimum atomic E-state index is -0.612. The van der Waals surface area contributed by atoms with Gasteiger partial charge in [0.25, 0.3) is 0 Å². The summed E-state index contributed by atoms with van der Waals surface area (Å²) in [5.74, 6) is 1.90. The van der Waals surface area contributed by atoms with Crippen molar-refractivity contribution in [1.82, 2.24) is 0 Å². The lowest BCUT2D eigenvalue weighted by atomic mass is 9.97. The summed E-state index contributed by atoms with van der Waals surface area (Å²) in [6.45, 7) is 0. The molecule has 7 heteroatoms. The first-order valence-corrected chi connectivity index (χ1v) is 8.50. The topological polar surface area (TPSA) is 63.2 Å². The van der Waals surface area contributed by atoms with Crippen LogP contribution in [-0.2, 0) is 4.74 Å². The van der Waals surface area contributed by atoms with Crippen molar-refractivity contribution in [3.63, 3.8) is 0 Å². The highest BCUT2D eigenvalue weighted by Gasteiger charge is 2.38. The van der Waals surface area contributed by atoms with Crippen LogP contribution in [0, 0.1) is 3.57 Å². The van der Waals surface area contributed by atoms with Crippen molar-refractivity contribution >= 4 is 28.6 Å². The van der Waals surface area contributed by atoms with Gasteiger partial charge in [-0.15, -0.1) is 0 Å². The lowest BCUT2D eigenvalue weighted by molar-refractivity contribution is 0.0452. The zero-order valence-electron chi connectivity index (χ0n) is 14.2. The monoisotopic (exact) mass is 456 g/mol. The first kappa shape index (κ1) is 17.7. The Morgan fingerprint density at radius 3 is 2.08 bits per heavy atom. The van der Waals surface area contributed by atoms with Gasteiger partial charge >= 0.3 is 5.97 Å². The Kier molecular flexibility index (Phi) is 4.94. The van der Waals surface area contributed by atoms with Crippen LogP contribution in [0.4, 0.5) is 0 Å². The second kappa shape index (κ2) is 6.99. The van der Waals surface area contributed by atoms with Crippen LogP contribution in [0.3, 0.4) is 0 Å². The number of hydrogen-bond acceptors (Lipinski definition) is 6. The zero-order valence-corrected chi connectivity index (χ0v) is 16.4. The van der Waals surface area contributed by atoms with E-state index in [1.807, 2.05) is 6.07 Å². The average Bonchev–Trinajstić information content (AvgIpc) is 2.97. The molecule has 1 aliphatic rings. The molecule has 0 bridgehead atoms. The van der Waals surface area contributed by atoms with Crippen LogP contribution in [0.2, 0.25) is 0 Å². The van der Waals surface area contributed by atoms with E-state index in [1.54, 1.807) is 39.5 Å². The molecular formula is C18H17IO6. The van der Waals surface area contributed by atoms with E-state index in [-0.39, 0.29) is 0 Å². The molecular weight excluding hydrogens is 439 g/mol. The molecule has 132 valence electrons. The smallest absolute Gasteiger partial charge is 0.339 e. The molecule has 1 heterocycles. The zero-order chi connectivity index (χ0) is 18.1. The van der Waals surface area contributed by atoms with Crippen LogP contribution in [0.15, 0.2) is 24.3 Å². The lowest BCUT2D eigenvalue weighted by Crippen LogP contribution is -2.06. The molecule has 0 N–H and O–H groups in total.